The molecule has 8 nitrogen and oxygen atoms in total. The summed E-state index contributed by atoms with van der Waals surface area (Å²) in [5, 5.41) is 10.8. The largest absolute Gasteiger partial charge is 0.350 e. The lowest BCUT2D eigenvalue weighted by Gasteiger charge is -2.09. The van der Waals surface area contributed by atoms with Crippen molar-refractivity contribution >= 4 is 11.7 Å². The second kappa shape index (κ2) is 5.92. The number of imidazole rings is 1. The summed E-state index contributed by atoms with van der Waals surface area (Å²) in [5.74, 6) is 1.14. The summed E-state index contributed by atoms with van der Waals surface area (Å²) in [6, 6.07) is 2.08. The van der Waals surface area contributed by atoms with Gasteiger partial charge in [0.25, 0.3) is 5.91 Å². The number of fused-ring (bicyclic) bond motifs is 1. The highest BCUT2D eigenvalue weighted by Crippen LogP contribution is 2.06. The summed E-state index contributed by atoms with van der Waals surface area (Å²) in [5.41, 5.74) is 0.351. The van der Waals surface area contributed by atoms with Crippen LogP contribution in [0.25, 0.3) is 5.78 Å². The van der Waals surface area contributed by atoms with E-state index < -0.39 is 0 Å². The van der Waals surface area contributed by atoms with Crippen molar-refractivity contribution in [3.05, 3.63) is 42.5 Å². The van der Waals surface area contributed by atoms with E-state index in [1.165, 1.54) is 0 Å². The molecule has 0 saturated heterocycles. The Labute approximate surface area is 127 Å². The van der Waals surface area contributed by atoms with E-state index in [2.05, 4.69) is 39.3 Å². The van der Waals surface area contributed by atoms with Crippen LogP contribution >= 0.6 is 0 Å². The van der Waals surface area contributed by atoms with Crippen LogP contribution in [0.3, 0.4) is 0 Å². The molecule has 1 N–H and O–H groups in total. The Bertz CT molecular complexity index is 756. The van der Waals surface area contributed by atoms with Gasteiger partial charge in [0, 0.05) is 37.6 Å². The number of nitrogens with one attached hydrogen (secondary N) is 1. The van der Waals surface area contributed by atoms with Crippen molar-refractivity contribution < 1.29 is 4.79 Å². The van der Waals surface area contributed by atoms with Crippen molar-refractivity contribution in [1.29, 1.82) is 0 Å². The van der Waals surface area contributed by atoms with E-state index in [4.69, 9.17) is 0 Å². The molecule has 3 rings (SSSR count). The fraction of sp³-hybridized carbons (Fsp3) is 0.357. The van der Waals surface area contributed by atoms with Gasteiger partial charge in [0.2, 0.25) is 5.78 Å². The summed E-state index contributed by atoms with van der Waals surface area (Å²) >= 11 is 0. The average molecular weight is 299 g/mol. The summed E-state index contributed by atoms with van der Waals surface area (Å²) in [4.78, 5) is 20.4. The summed E-state index contributed by atoms with van der Waals surface area (Å²) < 4.78 is 3.70. The number of aromatic nitrogens is 6. The van der Waals surface area contributed by atoms with Crippen LogP contribution in [0.4, 0.5) is 0 Å². The van der Waals surface area contributed by atoms with Gasteiger partial charge < -0.3 is 9.88 Å². The maximum absolute atomic E-state index is 12.1. The summed E-state index contributed by atoms with van der Waals surface area (Å²) in [6.45, 7) is 4.61. The number of carbonyl (C=O) groups excluding carboxylic acids is 1. The van der Waals surface area contributed by atoms with Gasteiger partial charge in [0.15, 0.2) is 0 Å². The van der Waals surface area contributed by atoms with Gasteiger partial charge in [0.1, 0.15) is 17.8 Å². The Hall–Kier alpha value is -2.77. The maximum Gasteiger partial charge on any atom is 0.271 e. The first-order chi connectivity index (χ1) is 10.6. The number of nitrogens with zero attached hydrogens (tertiary/aromatic N) is 6. The standard InChI is InChI=1S/C14H17N7O/c1-10(2)21-9-17-19-12(21)4-6-15-13(22)11-8-20-7-3-5-16-14(20)18-11/h3,5,7-10H,4,6H2,1-2H3,(H,15,22). The lowest BCUT2D eigenvalue weighted by atomic mass is 10.3. The van der Waals surface area contributed by atoms with Gasteiger partial charge in [-0.2, -0.15) is 0 Å². The predicted molar refractivity (Wildman–Crippen MR) is 79.4 cm³/mol. The number of hydrogen-bond acceptors (Lipinski definition) is 5. The van der Waals surface area contributed by atoms with E-state index in [1.54, 1.807) is 35.4 Å². The van der Waals surface area contributed by atoms with Crippen molar-refractivity contribution in [2.75, 3.05) is 6.54 Å². The van der Waals surface area contributed by atoms with Gasteiger partial charge in [-0.1, -0.05) is 0 Å². The fourth-order valence-corrected chi connectivity index (χ4v) is 2.19. The highest BCUT2D eigenvalue weighted by atomic mass is 16.1. The third-order valence-corrected chi connectivity index (χ3v) is 3.31. The Morgan fingerprint density at radius 2 is 2.27 bits per heavy atom. The molecule has 0 aromatic carbocycles. The fourth-order valence-electron chi connectivity index (χ4n) is 2.19. The van der Waals surface area contributed by atoms with Crippen molar-refractivity contribution in [2.24, 2.45) is 0 Å². The molecule has 0 fully saturated rings. The van der Waals surface area contributed by atoms with Gasteiger partial charge >= 0.3 is 0 Å². The van der Waals surface area contributed by atoms with Gasteiger partial charge in [-0.3, -0.25) is 9.20 Å². The average Bonchev–Trinajstić information content (AvgIpc) is 3.13. The van der Waals surface area contributed by atoms with Crippen LogP contribution in [-0.4, -0.2) is 41.6 Å². The summed E-state index contributed by atoms with van der Waals surface area (Å²) in [6.07, 6.45) is 7.43. The quantitative estimate of drug-likeness (QED) is 0.755. The molecule has 0 bridgehead atoms. The van der Waals surface area contributed by atoms with E-state index in [-0.39, 0.29) is 5.91 Å². The predicted octanol–water partition coefficient (Wildman–Crippen LogP) is 0.874. The molecular formula is C14H17N7O. The first-order valence-corrected chi connectivity index (χ1v) is 7.11. The third-order valence-electron chi connectivity index (χ3n) is 3.31. The van der Waals surface area contributed by atoms with Crippen LogP contribution in [0, 0.1) is 0 Å². The van der Waals surface area contributed by atoms with Gasteiger partial charge in [-0.15, -0.1) is 10.2 Å². The van der Waals surface area contributed by atoms with Crippen molar-refractivity contribution in [3.63, 3.8) is 0 Å². The van der Waals surface area contributed by atoms with Gasteiger partial charge in [-0.05, 0) is 19.9 Å². The topological polar surface area (TPSA) is 90.0 Å². The zero-order valence-electron chi connectivity index (χ0n) is 12.5. The van der Waals surface area contributed by atoms with Crippen LogP contribution < -0.4 is 5.32 Å². The number of hydrogen-bond donors (Lipinski definition) is 1. The van der Waals surface area contributed by atoms with Crippen LogP contribution in [0.2, 0.25) is 0 Å². The molecule has 0 unspecified atom stereocenters. The zero-order chi connectivity index (χ0) is 15.5. The smallest absolute Gasteiger partial charge is 0.271 e. The lowest BCUT2D eigenvalue weighted by Crippen LogP contribution is -2.27. The van der Waals surface area contributed by atoms with Crippen LogP contribution in [-0.2, 0) is 6.42 Å². The lowest BCUT2D eigenvalue weighted by molar-refractivity contribution is 0.0949. The number of amides is 1. The van der Waals surface area contributed by atoms with Crippen LogP contribution in [0.15, 0.2) is 31.0 Å². The molecule has 0 aliphatic heterocycles. The Morgan fingerprint density at radius 1 is 1.41 bits per heavy atom. The minimum atomic E-state index is -0.221. The van der Waals surface area contributed by atoms with E-state index in [0.717, 1.165) is 5.82 Å². The van der Waals surface area contributed by atoms with Gasteiger partial charge in [-0.25, -0.2) is 9.97 Å². The molecule has 0 aliphatic rings. The second-order valence-electron chi connectivity index (χ2n) is 5.21. The molecule has 0 spiro atoms. The Kier molecular flexibility index (Phi) is 3.82. The molecule has 0 aliphatic carbocycles. The van der Waals surface area contributed by atoms with Crippen LogP contribution in [0.5, 0.6) is 0 Å². The normalized spacial score (nSPS) is 11.2. The van der Waals surface area contributed by atoms with Crippen LogP contribution in [0.1, 0.15) is 36.2 Å². The second-order valence-corrected chi connectivity index (χ2v) is 5.21. The molecule has 3 heterocycles. The van der Waals surface area contributed by atoms with E-state index in [1.807, 2.05) is 4.57 Å². The molecule has 3 aromatic rings. The van der Waals surface area contributed by atoms with Crippen molar-refractivity contribution in [1.82, 2.24) is 34.4 Å². The van der Waals surface area contributed by atoms with Gasteiger partial charge in [0.05, 0.1) is 0 Å². The first-order valence-electron chi connectivity index (χ1n) is 7.11. The molecule has 114 valence electrons. The highest BCUT2D eigenvalue weighted by molar-refractivity contribution is 5.92. The van der Waals surface area contributed by atoms with E-state index >= 15 is 0 Å². The zero-order valence-corrected chi connectivity index (χ0v) is 12.5. The van der Waals surface area contributed by atoms with E-state index in [9.17, 15) is 4.79 Å². The SMILES string of the molecule is CC(C)n1cnnc1CCNC(=O)c1cn2cccnc2n1. The Morgan fingerprint density at radius 3 is 3.05 bits per heavy atom. The molecule has 8 heteroatoms. The molecule has 0 saturated carbocycles. The van der Waals surface area contributed by atoms with E-state index in [0.29, 0.717) is 30.5 Å². The monoisotopic (exact) mass is 299 g/mol. The maximum atomic E-state index is 12.1. The third kappa shape index (κ3) is 2.80. The summed E-state index contributed by atoms with van der Waals surface area (Å²) in [7, 11) is 0. The Balaban J connectivity index is 1.61. The molecule has 0 atom stereocenters. The molecule has 0 radical (unpaired) electrons. The highest BCUT2D eigenvalue weighted by Gasteiger charge is 2.12. The molecular weight excluding hydrogens is 282 g/mol. The molecule has 22 heavy (non-hydrogen) atoms. The first kappa shape index (κ1) is 14.2. The molecule has 3 aromatic heterocycles. The van der Waals surface area contributed by atoms with Crippen molar-refractivity contribution in [3.8, 4) is 0 Å². The van der Waals surface area contributed by atoms with Crippen molar-refractivity contribution in [2.45, 2.75) is 26.3 Å². The minimum Gasteiger partial charge on any atom is -0.350 e. The molecule has 1 amide bonds. The number of carbonyl (C=O) groups is 1. The minimum absolute atomic E-state index is 0.221. The number of rotatable bonds is 5.